The van der Waals surface area contributed by atoms with Crippen LogP contribution < -0.4 is 15.4 Å². The predicted octanol–water partition coefficient (Wildman–Crippen LogP) is 2.63. The van der Waals surface area contributed by atoms with Crippen molar-refractivity contribution in [1.82, 2.24) is 9.97 Å². The van der Waals surface area contributed by atoms with Crippen LogP contribution in [0.4, 0.5) is 11.5 Å². The highest BCUT2D eigenvalue weighted by Gasteiger charge is 2.40. The zero-order valence-electron chi connectivity index (χ0n) is 15.7. The van der Waals surface area contributed by atoms with E-state index in [2.05, 4.69) is 28.7 Å². The lowest BCUT2D eigenvalue weighted by Crippen LogP contribution is -2.44. The van der Waals surface area contributed by atoms with E-state index < -0.39 is 0 Å². The van der Waals surface area contributed by atoms with E-state index in [1.54, 1.807) is 6.07 Å². The van der Waals surface area contributed by atoms with Gasteiger partial charge in [0.2, 0.25) is 0 Å². The van der Waals surface area contributed by atoms with Crippen molar-refractivity contribution in [1.29, 1.82) is 5.41 Å². The van der Waals surface area contributed by atoms with Gasteiger partial charge in [-0.05, 0) is 44.9 Å². The standard InChI is InChI=1S/C20H25N5O2/c1-13-11-26-8-7-25(13)18-10-17(23-12-24-18)19(22)15-9-14(3-4-16(15)21)27-20(2)5-6-20/h3-4,9-10,12-13,22H,5-8,11,21H2,1-2H3/t13-/m1/s1. The van der Waals surface area contributed by atoms with Crippen molar-refractivity contribution in [2.24, 2.45) is 0 Å². The molecule has 0 spiro atoms. The molecule has 27 heavy (non-hydrogen) atoms. The van der Waals surface area contributed by atoms with Crippen molar-refractivity contribution in [2.75, 3.05) is 30.4 Å². The summed E-state index contributed by atoms with van der Waals surface area (Å²) in [6.07, 6.45) is 3.61. The molecule has 7 heteroatoms. The van der Waals surface area contributed by atoms with E-state index in [0.717, 1.165) is 31.0 Å². The van der Waals surface area contributed by atoms with E-state index in [1.807, 2.05) is 18.2 Å². The third-order valence-electron chi connectivity index (χ3n) is 5.18. The van der Waals surface area contributed by atoms with Gasteiger partial charge >= 0.3 is 0 Å². The molecule has 0 unspecified atom stereocenters. The van der Waals surface area contributed by atoms with Crippen molar-refractivity contribution in [3.8, 4) is 5.75 Å². The number of benzene rings is 1. The van der Waals surface area contributed by atoms with Crippen LogP contribution in [-0.4, -0.2) is 47.1 Å². The average molecular weight is 367 g/mol. The van der Waals surface area contributed by atoms with Crippen molar-refractivity contribution in [2.45, 2.75) is 38.3 Å². The molecule has 4 rings (SSSR count). The smallest absolute Gasteiger partial charge is 0.133 e. The first kappa shape index (κ1) is 17.7. The van der Waals surface area contributed by atoms with E-state index >= 15 is 0 Å². The van der Waals surface area contributed by atoms with Gasteiger partial charge in [-0.3, -0.25) is 5.41 Å². The van der Waals surface area contributed by atoms with E-state index in [1.165, 1.54) is 6.33 Å². The first-order chi connectivity index (χ1) is 13.0. The Morgan fingerprint density at radius 3 is 2.89 bits per heavy atom. The van der Waals surface area contributed by atoms with Gasteiger partial charge < -0.3 is 20.1 Å². The SMILES string of the molecule is C[C@@H]1COCCN1c1cc(C(=N)c2cc(OC3(C)CC3)ccc2N)ncn1. The second-order valence-electron chi connectivity index (χ2n) is 7.55. The Morgan fingerprint density at radius 1 is 1.33 bits per heavy atom. The van der Waals surface area contributed by atoms with Crippen LogP contribution in [0.15, 0.2) is 30.6 Å². The average Bonchev–Trinajstić information content (AvgIpc) is 3.40. The van der Waals surface area contributed by atoms with Gasteiger partial charge in [-0.1, -0.05) is 0 Å². The van der Waals surface area contributed by atoms with Crippen LogP contribution in [0.25, 0.3) is 0 Å². The van der Waals surface area contributed by atoms with Gasteiger partial charge in [-0.25, -0.2) is 9.97 Å². The molecule has 1 aromatic heterocycles. The van der Waals surface area contributed by atoms with Crippen molar-refractivity contribution in [3.05, 3.63) is 41.9 Å². The molecule has 3 N–H and O–H groups in total. The van der Waals surface area contributed by atoms with Crippen LogP contribution in [0, 0.1) is 5.41 Å². The number of nitrogen functional groups attached to an aromatic ring is 1. The normalized spacial score (nSPS) is 21.0. The van der Waals surface area contributed by atoms with Crippen LogP contribution in [0.5, 0.6) is 5.75 Å². The number of morpholine rings is 1. The Morgan fingerprint density at radius 2 is 2.15 bits per heavy atom. The highest BCUT2D eigenvalue weighted by atomic mass is 16.5. The van der Waals surface area contributed by atoms with E-state index in [-0.39, 0.29) is 17.4 Å². The quantitative estimate of drug-likeness (QED) is 0.623. The minimum absolute atomic E-state index is 0.0792. The fourth-order valence-electron chi connectivity index (χ4n) is 3.22. The number of hydrogen-bond acceptors (Lipinski definition) is 7. The molecular formula is C20H25N5O2. The van der Waals surface area contributed by atoms with Crippen molar-refractivity contribution >= 4 is 17.2 Å². The molecule has 2 aliphatic rings. The Kier molecular flexibility index (Phi) is 4.47. The molecule has 2 aromatic rings. The molecule has 0 bridgehead atoms. The van der Waals surface area contributed by atoms with Crippen LogP contribution >= 0.6 is 0 Å². The van der Waals surface area contributed by atoms with E-state index in [4.69, 9.17) is 20.6 Å². The summed E-state index contributed by atoms with van der Waals surface area (Å²) in [6, 6.07) is 7.56. The third-order valence-corrected chi connectivity index (χ3v) is 5.18. The molecule has 2 fully saturated rings. The van der Waals surface area contributed by atoms with Crippen LogP contribution in [0.2, 0.25) is 0 Å². The highest BCUT2D eigenvalue weighted by molar-refractivity contribution is 6.13. The summed E-state index contributed by atoms with van der Waals surface area (Å²) >= 11 is 0. The van der Waals surface area contributed by atoms with E-state index in [9.17, 15) is 0 Å². The molecule has 142 valence electrons. The molecule has 1 aliphatic heterocycles. The molecule has 1 aliphatic carbocycles. The predicted molar refractivity (Wildman–Crippen MR) is 105 cm³/mol. The van der Waals surface area contributed by atoms with Gasteiger partial charge in [0.25, 0.3) is 0 Å². The number of anilines is 2. The number of nitrogens with zero attached hydrogens (tertiary/aromatic N) is 3. The molecule has 7 nitrogen and oxygen atoms in total. The maximum atomic E-state index is 8.65. The van der Waals surface area contributed by atoms with Gasteiger partial charge in [-0.15, -0.1) is 0 Å². The van der Waals surface area contributed by atoms with Crippen LogP contribution in [0.3, 0.4) is 0 Å². The minimum Gasteiger partial charge on any atom is -0.488 e. The second-order valence-corrected chi connectivity index (χ2v) is 7.55. The number of hydrogen-bond donors (Lipinski definition) is 2. The van der Waals surface area contributed by atoms with Gasteiger partial charge in [0.05, 0.1) is 30.7 Å². The maximum Gasteiger partial charge on any atom is 0.133 e. The van der Waals surface area contributed by atoms with Gasteiger partial charge in [0.15, 0.2) is 0 Å². The Balaban J connectivity index is 1.61. The van der Waals surface area contributed by atoms with Crippen molar-refractivity contribution in [3.63, 3.8) is 0 Å². The third kappa shape index (κ3) is 3.73. The summed E-state index contributed by atoms with van der Waals surface area (Å²) in [5, 5.41) is 8.65. The molecule has 1 atom stereocenters. The van der Waals surface area contributed by atoms with Crippen LogP contribution in [-0.2, 0) is 4.74 Å². The zero-order valence-corrected chi connectivity index (χ0v) is 15.7. The molecule has 1 saturated heterocycles. The minimum atomic E-state index is -0.0792. The Bertz CT molecular complexity index is 865. The van der Waals surface area contributed by atoms with Gasteiger partial charge in [0.1, 0.15) is 23.5 Å². The first-order valence-electron chi connectivity index (χ1n) is 9.29. The summed E-state index contributed by atoms with van der Waals surface area (Å²) in [6.45, 7) is 6.31. The lowest BCUT2D eigenvalue weighted by atomic mass is 10.0. The van der Waals surface area contributed by atoms with Crippen LogP contribution in [0.1, 0.15) is 37.9 Å². The Hall–Kier alpha value is -2.67. The summed E-state index contributed by atoms with van der Waals surface area (Å²) in [7, 11) is 0. The summed E-state index contributed by atoms with van der Waals surface area (Å²) in [4.78, 5) is 10.9. The summed E-state index contributed by atoms with van der Waals surface area (Å²) in [5.74, 6) is 1.54. The van der Waals surface area contributed by atoms with Gasteiger partial charge in [-0.2, -0.15) is 0 Å². The number of ether oxygens (including phenoxy) is 2. The fourth-order valence-corrected chi connectivity index (χ4v) is 3.22. The number of aromatic nitrogens is 2. The second kappa shape index (κ2) is 6.81. The topological polar surface area (TPSA) is 97.3 Å². The highest BCUT2D eigenvalue weighted by Crippen LogP contribution is 2.40. The first-order valence-corrected chi connectivity index (χ1v) is 9.29. The number of nitrogens with one attached hydrogen (secondary N) is 1. The van der Waals surface area contributed by atoms with E-state index in [0.29, 0.717) is 30.2 Å². The van der Waals surface area contributed by atoms with Gasteiger partial charge in [0, 0.05) is 23.9 Å². The fraction of sp³-hybridized carbons (Fsp3) is 0.450. The Labute approximate surface area is 159 Å². The number of rotatable bonds is 5. The zero-order chi connectivity index (χ0) is 19.0. The lowest BCUT2D eigenvalue weighted by molar-refractivity contribution is 0.0985. The largest absolute Gasteiger partial charge is 0.488 e. The molecule has 1 saturated carbocycles. The molecule has 0 amide bonds. The summed E-state index contributed by atoms with van der Waals surface area (Å²) in [5.41, 5.74) is 8.03. The monoisotopic (exact) mass is 367 g/mol. The van der Waals surface area contributed by atoms with Crippen molar-refractivity contribution < 1.29 is 9.47 Å². The molecule has 2 heterocycles. The summed E-state index contributed by atoms with van der Waals surface area (Å²) < 4.78 is 11.5. The maximum absolute atomic E-state index is 8.65. The number of nitrogens with two attached hydrogens (primary N) is 1. The molecule has 1 aromatic carbocycles. The molecule has 0 radical (unpaired) electrons. The molecular weight excluding hydrogens is 342 g/mol. The lowest BCUT2D eigenvalue weighted by Gasteiger charge is -2.34.